The van der Waals surface area contributed by atoms with Crippen molar-refractivity contribution in [2.75, 3.05) is 18.0 Å². The predicted molar refractivity (Wildman–Crippen MR) is 97.5 cm³/mol. The van der Waals surface area contributed by atoms with Crippen LogP contribution in [-0.4, -0.2) is 30.0 Å². The van der Waals surface area contributed by atoms with E-state index in [1.807, 2.05) is 18.2 Å². The number of hydrogen-bond donors (Lipinski definition) is 1. The number of carbonyl (C=O) groups is 1. The Balaban J connectivity index is 1.62. The van der Waals surface area contributed by atoms with Crippen LogP contribution in [0.5, 0.6) is 0 Å². The Kier molecular flexibility index (Phi) is 5.07. The van der Waals surface area contributed by atoms with Crippen LogP contribution in [-0.2, 0) is 4.79 Å². The molecule has 1 aromatic heterocycles. The number of carbonyl (C=O) groups excluding carboxylic acids is 1. The topological polar surface area (TPSA) is 45.2 Å². The van der Waals surface area contributed by atoms with Crippen molar-refractivity contribution in [3.8, 4) is 0 Å². The molecule has 6 heteroatoms. The second-order valence-electron chi connectivity index (χ2n) is 6.19. The molecule has 0 spiro atoms. The van der Waals surface area contributed by atoms with Crippen LogP contribution in [0.15, 0.2) is 18.2 Å². The van der Waals surface area contributed by atoms with Crippen LogP contribution in [0.3, 0.4) is 0 Å². The number of anilines is 1. The van der Waals surface area contributed by atoms with Gasteiger partial charge in [-0.25, -0.2) is 4.98 Å². The maximum atomic E-state index is 12.2. The van der Waals surface area contributed by atoms with E-state index in [2.05, 4.69) is 29.0 Å². The average Bonchev–Trinajstić information content (AvgIpc) is 2.97. The van der Waals surface area contributed by atoms with E-state index in [0.717, 1.165) is 52.7 Å². The van der Waals surface area contributed by atoms with Gasteiger partial charge in [0.2, 0.25) is 5.91 Å². The van der Waals surface area contributed by atoms with E-state index in [4.69, 9.17) is 11.6 Å². The molecule has 1 saturated heterocycles. The Bertz CT molecular complexity index is 694. The average molecular weight is 352 g/mol. The predicted octanol–water partition coefficient (Wildman–Crippen LogP) is 4.08. The first-order chi connectivity index (χ1) is 11.1. The highest BCUT2D eigenvalue weighted by molar-refractivity contribution is 7.22. The summed E-state index contributed by atoms with van der Waals surface area (Å²) in [4.78, 5) is 19.2. The molecule has 1 fully saturated rings. The number of rotatable bonds is 4. The molecule has 2 heterocycles. The molecule has 1 atom stereocenters. The number of nitrogens with one attached hydrogen (secondary N) is 1. The number of amides is 1. The Labute approximate surface area is 145 Å². The van der Waals surface area contributed by atoms with Crippen molar-refractivity contribution in [1.29, 1.82) is 0 Å². The third-order valence-corrected chi connectivity index (χ3v) is 5.81. The highest BCUT2D eigenvalue weighted by atomic mass is 35.5. The van der Waals surface area contributed by atoms with Crippen molar-refractivity contribution in [3.05, 3.63) is 23.2 Å². The standard InChI is InChI=1S/C17H22ClN3OS/c1-3-11(2)19-16(22)12-6-8-21(9-7-12)17-20-14-10-13(18)4-5-15(14)23-17/h4-5,10-12H,3,6-9H2,1-2H3,(H,19,22)/t11-/m0/s1. The SMILES string of the molecule is CC[C@H](C)NC(=O)C1CCN(c2nc3cc(Cl)ccc3s2)CC1. The number of thiazole rings is 1. The molecule has 124 valence electrons. The van der Waals surface area contributed by atoms with Crippen LogP contribution in [0.25, 0.3) is 10.2 Å². The van der Waals surface area contributed by atoms with Crippen LogP contribution < -0.4 is 10.2 Å². The molecule has 1 aliphatic rings. The van der Waals surface area contributed by atoms with Crippen molar-refractivity contribution in [3.63, 3.8) is 0 Å². The van der Waals surface area contributed by atoms with Gasteiger partial charge in [0, 0.05) is 30.1 Å². The molecule has 4 nitrogen and oxygen atoms in total. The lowest BCUT2D eigenvalue weighted by molar-refractivity contribution is -0.126. The molecule has 0 radical (unpaired) electrons. The summed E-state index contributed by atoms with van der Waals surface area (Å²) < 4.78 is 1.15. The molecule has 1 N–H and O–H groups in total. The van der Waals surface area contributed by atoms with Gasteiger partial charge >= 0.3 is 0 Å². The zero-order valence-corrected chi connectivity index (χ0v) is 15.1. The van der Waals surface area contributed by atoms with E-state index in [0.29, 0.717) is 0 Å². The molecule has 1 aliphatic heterocycles. The van der Waals surface area contributed by atoms with Crippen molar-refractivity contribution >= 4 is 44.2 Å². The molecule has 0 unspecified atom stereocenters. The first-order valence-electron chi connectivity index (χ1n) is 8.18. The maximum Gasteiger partial charge on any atom is 0.223 e. The molecule has 1 amide bonds. The van der Waals surface area contributed by atoms with Crippen LogP contribution in [0.4, 0.5) is 5.13 Å². The number of halogens is 1. The van der Waals surface area contributed by atoms with Crippen molar-refractivity contribution < 1.29 is 4.79 Å². The highest BCUT2D eigenvalue weighted by Gasteiger charge is 2.26. The molecular weight excluding hydrogens is 330 g/mol. The fraction of sp³-hybridized carbons (Fsp3) is 0.529. The second kappa shape index (κ2) is 7.05. The van der Waals surface area contributed by atoms with Gasteiger partial charge in [0.1, 0.15) is 0 Å². The summed E-state index contributed by atoms with van der Waals surface area (Å²) in [5.74, 6) is 0.333. The van der Waals surface area contributed by atoms with Gasteiger partial charge in [0.05, 0.1) is 10.2 Å². The number of benzene rings is 1. The van der Waals surface area contributed by atoms with E-state index < -0.39 is 0 Å². The lowest BCUT2D eigenvalue weighted by Gasteiger charge is -2.31. The monoisotopic (exact) mass is 351 g/mol. The molecule has 23 heavy (non-hydrogen) atoms. The Morgan fingerprint density at radius 1 is 1.48 bits per heavy atom. The van der Waals surface area contributed by atoms with Crippen LogP contribution in [0.2, 0.25) is 5.02 Å². The Morgan fingerprint density at radius 3 is 2.91 bits per heavy atom. The number of piperidine rings is 1. The minimum absolute atomic E-state index is 0.129. The van der Waals surface area contributed by atoms with Gasteiger partial charge in [-0.3, -0.25) is 4.79 Å². The number of fused-ring (bicyclic) bond motifs is 1. The van der Waals surface area contributed by atoms with Gasteiger partial charge in [-0.2, -0.15) is 0 Å². The number of nitrogens with zero attached hydrogens (tertiary/aromatic N) is 2. The summed E-state index contributed by atoms with van der Waals surface area (Å²) >= 11 is 7.72. The van der Waals surface area contributed by atoms with Crippen LogP contribution in [0.1, 0.15) is 33.1 Å². The third-order valence-electron chi connectivity index (χ3n) is 4.48. The van der Waals surface area contributed by atoms with E-state index in [1.54, 1.807) is 11.3 Å². The first-order valence-corrected chi connectivity index (χ1v) is 9.37. The summed E-state index contributed by atoms with van der Waals surface area (Å²) in [7, 11) is 0. The van der Waals surface area contributed by atoms with Gasteiger partial charge in [-0.05, 0) is 44.4 Å². The Hall–Kier alpha value is -1.33. The highest BCUT2D eigenvalue weighted by Crippen LogP contribution is 2.32. The van der Waals surface area contributed by atoms with Crippen LogP contribution >= 0.6 is 22.9 Å². The summed E-state index contributed by atoms with van der Waals surface area (Å²) in [6, 6.07) is 6.08. The van der Waals surface area contributed by atoms with Gasteiger partial charge < -0.3 is 10.2 Å². The minimum atomic E-state index is 0.129. The Morgan fingerprint density at radius 2 is 2.22 bits per heavy atom. The van der Waals surface area contributed by atoms with E-state index in [9.17, 15) is 4.79 Å². The van der Waals surface area contributed by atoms with Gasteiger partial charge in [-0.15, -0.1) is 0 Å². The van der Waals surface area contributed by atoms with Gasteiger partial charge in [0.15, 0.2) is 5.13 Å². The molecule has 0 bridgehead atoms. The molecule has 0 aliphatic carbocycles. The maximum absolute atomic E-state index is 12.2. The first kappa shape index (κ1) is 16.5. The molecule has 2 aromatic rings. The quantitative estimate of drug-likeness (QED) is 0.902. The smallest absolute Gasteiger partial charge is 0.223 e. The zero-order valence-electron chi connectivity index (χ0n) is 13.5. The fourth-order valence-electron chi connectivity index (χ4n) is 2.82. The normalized spacial score (nSPS) is 17.4. The lowest BCUT2D eigenvalue weighted by Crippen LogP contribution is -2.43. The van der Waals surface area contributed by atoms with E-state index in [-0.39, 0.29) is 17.9 Å². The van der Waals surface area contributed by atoms with Crippen molar-refractivity contribution in [2.45, 2.75) is 39.2 Å². The summed E-state index contributed by atoms with van der Waals surface area (Å²) in [5, 5.41) is 4.84. The van der Waals surface area contributed by atoms with E-state index >= 15 is 0 Å². The van der Waals surface area contributed by atoms with E-state index in [1.165, 1.54) is 0 Å². The van der Waals surface area contributed by atoms with Crippen molar-refractivity contribution in [2.24, 2.45) is 5.92 Å². The van der Waals surface area contributed by atoms with Crippen molar-refractivity contribution in [1.82, 2.24) is 10.3 Å². The number of hydrogen-bond acceptors (Lipinski definition) is 4. The molecule has 0 saturated carbocycles. The number of aromatic nitrogens is 1. The largest absolute Gasteiger partial charge is 0.353 e. The zero-order chi connectivity index (χ0) is 16.4. The summed E-state index contributed by atoms with van der Waals surface area (Å²) in [5.41, 5.74) is 0.953. The summed E-state index contributed by atoms with van der Waals surface area (Å²) in [6.07, 6.45) is 2.75. The fourth-order valence-corrected chi connectivity index (χ4v) is 3.98. The molecule has 3 rings (SSSR count). The second-order valence-corrected chi connectivity index (χ2v) is 7.63. The lowest BCUT2D eigenvalue weighted by atomic mass is 9.96. The van der Waals surface area contributed by atoms with Crippen LogP contribution in [0, 0.1) is 5.92 Å². The molecule has 1 aromatic carbocycles. The summed E-state index contributed by atoms with van der Waals surface area (Å²) in [6.45, 7) is 5.91. The van der Waals surface area contributed by atoms with Gasteiger partial charge in [-0.1, -0.05) is 29.9 Å². The van der Waals surface area contributed by atoms with Gasteiger partial charge in [0.25, 0.3) is 0 Å². The minimum Gasteiger partial charge on any atom is -0.353 e. The third kappa shape index (κ3) is 3.78. The molecular formula is C17H22ClN3OS.